The minimum absolute atomic E-state index is 0.0628. The summed E-state index contributed by atoms with van der Waals surface area (Å²) in [5.74, 6) is 1.02. The highest BCUT2D eigenvalue weighted by molar-refractivity contribution is 7.18. The summed E-state index contributed by atoms with van der Waals surface area (Å²) in [6, 6.07) is 5.65. The minimum Gasteiger partial charge on any atom is -0.495 e. The molecule has 1 amide bonds. The number of anilines is 1. The monoisotopic (exact) mass is 466 g/mol. The molecule has 3 heterocycles. The van der Waals surface area contributed by atoms with E-state index in [0.717, 1.165) is 73.0 Å². The van der Waals surface area contributed by atoms with Gasteiger partial charge in [0.15, 0.2) is 0 Å². The van der Waals surface area contributed by atoms with Gasteiger partial charge in [-0.05, 0) is 81.8 Å². The number of nitrogens with one attached hydrogen (secondary N) is 1. The third-order valence-corrected chi connectivity index (χ3v) is 7.83. The van der Waals surface area contributed by atoms with E-state index in [1.54, 1.807) is 23.0 Å². The number of carbonyl (C=O) groups excluding carboxylic acids is 1. The molecule has 1 aliphatic carbocycles. The maximum atomic E-state index is 13.7. The number of aromatic nitrogens is 2. The fraction of sp³-hybridized carbons (Fsp3) is 0.480. The van der Waals surface area contributed by atoms with Gasteiger partial charge in [-0.15, -0.1) is 11.3 Å². The van der Waals surface area contributed by atoms with E-state index in [9.17, 15) is 9.59 Å². The van der Waals surface area contributed by atoms with Gasteiger partial charge in [0, 0.05) is 4.88 Å². The van der Waals surface area contributed by atoms with Crippen molar-refractivity contribution in [1.29, 1.82) is 0 Å². The van der Waals surface area contributed by atoms with Crippen LogP contribution in [0.3, 0.4) is 0 Å². The van der Waals surface area contributed by atoms with Crippen molar-refractivity contribution < 1.29 is 9.53 Å². The largest absolute Gasteiger partial charge is 0.495 e. The summed E-state index contributed by atoms with van der Waals surface area (Å²) in [5.41, 5.74) is 2.70. The van der Waals surface area contributed by atoms with E-state index in [-0.39, 0.29) is 18.0 Å². The molecule has 0 bridgehead atoms. The average molecular weight is 467 g/mol. The number of ether oxygens (including phenoxy) is 1. The zero-order valence-electron chi connectivity index (χ0n) is 19.3. The lowest BCUT2D eigenvalue weighted by atomic mass is 9.97. The summed E-state index contributed by atoms with van der Waals surface area (Å²) < 4.78 is 6.99. The van der Waals surface area contributed by atoms with Gasteiger partial charge >= 0.3 is 0 Å². The van der Waals surface area contributed by atoms with Gasteiger partial charge in [-0.2, -0.15) is 0 Å². The second-order valence-electron chi connectivity index (χ2n) is 9.05. The van der Waals surface area contributed by atoms with E-state index in [4.69, 9.17) is 9.72 Å². The van der Waals surface area contributed by atoms with Gasteiger partial charge in [0.05, 0.1) is 24.7 Å². The van der Waals surface area contributed by atoms with Gasteiger partial charge in [-0.3, -0.25) is 19.1 Å². The number of methoxy groups -OCH3 is 1. The maximum Gasteiger partial charge on any atom is 0.263 e. The van der Waals surface area contributed by atoms with Crippen LogP contribution in [-0.4, -0.2) is 40.6 Å². The molecule has 1 aliphatic heterocycles. The van der Waals surface area contributed by atoms with Crippen molar-refractivity contribution in [2.45, 2.75) is 58.5 Å². The summed E-state index contributed by atoms with van der Waals surface area (Å²) in [7, 11) is 1.58. The Morgan fingerprint density at radius 3 is 2.76 bits per heavy atom. The van der Waals surface area contributed by atoms with E-state index in [1.165, 1.54) is 4.88 Å². The van der Waals surface area contributed by atoms with Gasteiger partial charge in [-0.1, -0.05) is 6.07 Å². The molecule has 2 aliphatic rings. The maximum absolute atomic E-state index is 13.7. The number of benzene rings is 1. The van der Waals surface area contributed by atoms with Crippen LogP contribution in [0.15, 0.2) is 23.0 Å². The van der Waals surface area contributed by atoms with E-state index >= 15 is 0 Å². The zero-order chi connectivity index (χ0) is 22.9. The lowest BCUT2D eigenvalue weighted by Crippen LogP contribution is -2.34. The molecule has 1 saturated heterocycles. The smallest absolute Gasteiger partial charge is 0.263 e. The molecule has 0 unspecified atom stereocenters. The Balaban J connectivity index is 1.52. The molecule has 3 aromatic rings. The standard InChI is InChI=1S/C25H30N4O3S/c1-16-9-10-19(32-2)18(13-16)26-22(30)15-29-21(14-28-11-5-6-12-28)27-24-23(25(29)31)17-7-3-4-8-20(17)33-24/h9-10,13H,3-8,11-12,14-15H2,1-2H3,(H,26,30). The molecule has 0 saturated carbocycles. The van der Waals surface area contributed by atoms with Crippen molar-refractivity contribution in [3.63, 3.8) is 0 Å². The van der Waals surface area contributed by atoms with Crippen LogP contribution in [0.25, 0.3) is 10.2 Å². The number of amides is 1. The predicted octanol–water partition coefficient (Wildman–Crippen LogP) is 3.89. The molecule has 0 radical (unpaired) electrons. The molecule has 0 spiro atoms. The number of thiophene rings is 1. The number of aryl methyl sites for hydroxylation is 3. The highest BCUT2D eigenvalue weighted by Crippen LogP contribution is 2.34. The SMILES string of the molecule is COc1ccc(C)cc1NC(=O)Cn1c(CN2CCCC2)nc2sc3c(c2c1=O)CCCC3. The Morgan fingerprint density at radius 1 is 1.18 bits per heavy atom. The van der Waals surface area contributed by atoms with Crippen LogP contribution < -0.4 is 15.6 Å². The fourth-order valence-corrected chi connectivity index (χ4v) is 6.23. The van der Waals surface area contributed by atoms with Gasteiger partial charge in [0.1, 0.15) is 22.9 Å². The van der Waals surface area contributed by atoms with Crippen molar-refractivity contribution >= 4 is 33.1 Å². The highest BCUT2D eigenvalue weighted by Gasteiger charge is 2.24. The molecule has 2 aromatic heterocycles. The van der Waals surface area contributed by atoms with Crippen LogP contribution in [0, 0.1) is 6.92 Å². The molecule has 8 heteroatoms. The Hall–Kier alpha value is -2.71. The second-order valence-corrected chi connectivity index (χ2v) is 10.1. The first kappa shape index (κ1) is 22.1. The third-order valence-electron chi connectivity index (χ3n) is 6.65. The molecular formula is C25H30N4O3S. The van der Waals surface area contributed by atoms with Gasteiger partial charge in [0.25, 0.3) is 5.56 Å². The molecule has 5 rings (SSSR count). The lowest BCUT2D eigenvalue weighted by Gasteiger charge is -2.19. The van der Waals surface area contributed by atoms with Crippen molar-refractivity contribution in [2.24, 2.45) is 0 Å². The Kier molecular flexibility index (Phi) is 6.21. The summed E-state index contributed by atoms with van der Waals surface area (Å²) in [4.78, 5) is 36.2. The van der Waals surface area contributed by atoms with Crippen molar-refractivity contribution in [3.8, 4) is 5.75 Å². The molecule has 0 atom stereocenters. The second kappa shape index (κ2) is 9.27. The Morgan fingerprint density at radius 2 is 1.97 bits per heavy atom. The summed E-state index contributed by atoms with van der Waals surface area (Å²) in [6.07, 6.45) is 6.52. The topological polar surface area (TPSA) is 76.5 Å². The summed E-state index contributed by atoms with van der Waals surface area (Å²) in [5, 5.41) is 3.66. The van der Waals surface area contributed by atoms with E-state index < -0.39 is 0 Å². The van der Waals surface area contributed by atoms with Crippen LogP contribution in [0.2, 0.25) is 0 Å². The lowest BCUT2D eigenvalue weighted by molar-refractivity contribution is -0.116. The summed E-state index contributed by atoms with van der Waals surface area (Å²) in [6.45, 7) is 4.50. The van der Waals surface area contributed by atoms with Gasteiger partial charge in [-0.25, -0.2) is 4.98 Å². The number of carbonyl (C=O) groups is 1. The van der Waals surface area contributed by atoms with E-state index in [0.29, 0.717) is 23.8 Å². The van der Waals surface area contributed by atoms with E-state index in [2.05, 4.69) is 10.2 Å². The van der Waals surface area contributed by atoms with E-state index in [1.807, 2.05) is 25.1 Å². The highest BCUT2D eigenvalue weighted by atomic mass is 32.1. The number of rotatable bonds is 6. The Bertz CT molecular complexity index is 1260. The number of likely N-dealkylation sites (tertiary alicyclic amines) is 1. The van der Waals surface area contributed by atoms with Crippen molar-refractivity contribution in [2.75, 3.05) is 25.5 Å². The van der Waals surface area contributed by atoms with Crippen LogP contribution >= 0.6 is 11.3 Å². The molecule has 1 aromatic carbocycles. The average Bonchev–Trinajstić information content (AvgIpc) is 3.44. The van der Waals surface area contributed by atoms with Crippen molar-refractivity contribution in [3.05, 3.63) is 50.4 Å². The first-order valence-electron chi connectivity index (χ1n) is 11.7. The molecule has 1 fully saturated rings. The number of fused-ring (bicyclic) bond motifs is 3. The van der Waals surface area contributed by atoms with Crippen LogP contribution in [0.4, 0.5) is 5.69 Å². The number of nitrogens with zero attached hydrogens (tertiary/aromatic N) is 3. The molecular weight excluding hydrogens is 436 g/mol. The van der Waals surface area contributed by atoms with Gasteiger partial charge in [0.2, 0.25) is 5.91 Å². The fourth-order valence-electron chi connectivity index (χ4n) is 4.96. The first-order chi connectivity index (χ1) is 16.0. The minimum atomic E-state index is -0.256. The molecule has 7 nitrogen and oxygen atoms in total. The van der Waals surface area contributed by atoms with Crippen LogP contribution in [0.5, 0.6) is 5.75 Å². The van der Waals surface area contributed by atoms with Crippen LogP contribution in [0.1, 0.15) is 47.5 Å². The number of hydrogen-bond donors (Lipinski definition) is 1. The Labute approximate surface area is 197 Å². The van der Waals surface area contributed by atoms with Gasteiger partial charge < -0.3 is 10.1 Å². The van der Waals surface area contributed by atoms with Crippen molar-refractivity contribution in [1.82, 2.24) is 14.5 Å². The molecule has 1 N–H and O–H groups in total. The quantitative estimate of drug-likeness (QED) is 0.597. The normalized spacial score (nSPS) is 16.2. The first-order valence-corrected chi connectivity index (χ1v) is 12.6. The van der Waals surface area contributed by atoms with Crippen LogP contribution in [-0.2, 0) is 30.7 Å². The summed E-state index contributed by atoms with van der Waals surface area (Å²) >= 11 is 1.66. The molecule has 174 valence electrons. The zero-order valence-corrected chi connectivity index (χ0v) is 20.1. The molecule has 33 heavy (non-hydrogen) atoms. The third kappa shape index (κ3) is 4.42. The predicted molar refractivity (Wildman–Crippen MR) is 131 cm³/mol. The number of hydrogen-bond acceptors (Lipinski definition) is 6.